The number of aromatic nitrogens is 4. The molecule has 0 radical (unpaired) electrons. The lowest BCUT2D eigenvalue weighted by molar-refractivity contribution is -0.114. The molecular weight excluding hydrogens is 420 g/mol. The highest BCUT2D eigenvalue weighted by molar-refractivity contribution is 6.01. The summed E-state index contributed by atoms with van der Waals surface area (Å²) in [5.74, 6) is -3.93. The maximum Gasteiger partial charge on any atom is 0.419 e. The molecule has 1 N–H and O–H groups in total. The molecule has 10 heteroatoms. The number of nitrogens with one attached hydrogen (secondary N) is 1. The lowest BCUT2D eigenvalue weighted by Crippen LogP contribution is -2.26. The van der Waals surface area contributed by atoms with Crippen LogP contribution in [0.4, 0.5) is 19.4 Å². The van der Waals surface area contributed by atoms with Crippen molar-refractivity contribution in [3.63, 3.8) is 0 Å². The zero-order valence-electron chi connectivity index (χ0n) is 18.8. The van der Waals surface area contributed by atoms with Crippen LogP contribution >= 0.6 is 0 Å². The number of halogens is 2. The van der Waals surface area contributed by atoms with Crippen LogP contribution in [0, 0.1) is 0 Å². The molecule has 3 rings (SSSR count). The number of anilines is 1. The monoisotopic (exact) mass is 445 g/mol. The van der Waals surface area contributed by atoms with Gasteiger partial charge in [0.05, 0.1) is 17.4 Å². The fourth-order valence-electron chi connectivity index (χ4n) is 3.05. The van der Waals surface area contributed by atoms with E-state index in [-0.39, 0.29) is 17.4 Å². The van der Waals surface area contributed by atoms with Gasteiger partial charge in [-0.2, -0.15) is 8.78 Å². The molecule has 3 heterocycles. The highest BCUT2D eigenvalue weighted by Crippen LogP contribution is 2.33. The van der Waals surface area contributed by atoms with Gasteiger partial charge < -0.3 is 10.1 Å². The first kappa shape index (κ1) is 23.2. The van der Waals surface area contributed by atoms with Gasteiger partial charge in [-0.3, -0.25) is 9.36 Å². The van der Waals surface area contributed by atoms with Crippen LogP contribution in [0.3, 0.4) is 0 Å². The van der Waals surface area contributed by atoms with Gasteiger partial charge in [-0.25, -0.2) is 19.7 Å². The van der Waals surface area contributed by atoms with E-state index in [2.05, 4.69) is 20.3 Å². The van der Waals surface area contributed by atoms with Gasteiger partial charge in [0, 0.05) is 36.7 Å². The third-order valence-electron chi connectivity index (χ3n) is 4.40. The molecule has 0 bridgehead atoms. The minimum Gasteiger partial charge on any atom is -0.443 e. The van der Waals surface area contributed by atoms with Crippen molar-refractivity contribution in [2.24, 2.45) is 0 Å². The number of alkyl halides is 2. The number of nitrogens with zero attached hydrogens (tertiary/aromatic N) is 4. The smallest absolute Gasteiger partial charge is 0.419 e. The van der Waals surface area contributed by atoms with Gasteiger partial charge in [-0.1, -0.05) is 6.92 Å². The fourth-order valence-corrected chi connectivity index (χ4v) is 3.05. The summed E-state index contributed by atoms with van der Waals surface area (Å²) < 4.78 is 34.8. The van der Waals surface area contributed by atoms with Crippen molar-refractivity contribution in [1.82, 2.24) is 19.5 Å². The molecule has 0 fully saturated rings. The Balaban J connectivity index is 2.28. The molecule has 0 aliphatic rings. The molecular formula is C22H25F2N5O3. The molecule has 0 aliphatic carbocycles. The maximum absolute atomic E-state index is 14.0. The molecule has 0 saturated carbocycles. The summed E-state index contributed by atoms with van der Waals surface area (Å²) in [7, 11) is 0. The van der Waals surface area contributed by atoms with E-state index in [1.54, 1.807) is 39.8 Å². The van der Waals surface area contributed by atoms with Crippen LogP contribution in [0.15, 0.2) is 24.5 Å². The largest absolute Gasteiger partial charge is 0.443 e. The first-order valence-corrected chi connectivity index (χ1v) is 10.1. The second-order valence-corrected chi connectivity index (χ2v) is 8.47. The number of pyridine rings is 1. The van der Waals surface area contributed by atoms with Crippen LogP contribution in [0.25, 0.3) is 22.2 Å². The second kappa shape index (κ2) is 8.25. The highest BCUT2D eigenvalue weighted by atomic mass is 19.3. The van der Waals surface area contributed by atoms with Crippen molar-refractivity contribution in [2.75, 3.05) is 5.32 Å². The number of carbonyl (C=O) groups excluding carboxylic acids is 2. The van der Waals surface area contributed by atoms with Crippen LogP contribution < -0.4 is 5.32 Å². The van der Waals surface area contributed by atoms with Gasteiger partial charge >= 0.3 is 12.0 Å². The number of amides is 1. The molecule has 170 valence electrons. The first-order valence-electron chi connectivity index (χ1n) is 10.1. The van der Waals surface area contributed by atoms with Crippen LogP contribution in [0.1, 0.15) is 53.1 Å². The molecule has 1 amide bonds. The lowest BCUT2D eigenvalue weighted by atomic mass is 10.1. The van der Waals surface area contributed by atoms with E-state index >= 15 is 0 Å². The molecule has 3 aromatic rings. The van der Waals surface area contributed by atoms with E-state index in [4.69, 9.17) is 4.74 Å². The summed E-state index contributed by atoms with van der Waals surface area (Å²) in [6.07, 6.45) is 2.64. The maximum atomic E-state index is 14.0. The number of rotatable bonds is 4. The van der Waals surface area contributed by atoms with Crippen molar-refractivity contribution in [3.05, 3.63) is 36.0 Å². The van der Waals surface area contributed by atoms with Crippen molar-refractivity contribution < 1.29 is 23.1 Å². The van der Waals surface area contributed by atoms with Crippen LogP contribution in [0.5, 0.6) is 0 Å². The predicted molar refractivity (Wildman–Crippen MR) is 116 cm³/mol. The van der Waals surface area contributed by atoms with Crippen LogP contribution in [0.2, 0.25) is 0 Å². The number of fused-ring (bicyclic) bond motifs is 1. The quantitative estimate of drug-likeness (QED) is 0.613. The Hall–Kier alpha value is -3.43. The lowest BCUT2D eigenvalue weighted by Gasteiger charge is -2.19. The van der Waals surface area contributed by atoms with Gasteiger partial charge in [0.2, 0.25) is 5.91 Å². The SMILES string of the molecule is CCc1cc(-c2cn(C(=O)OC(C)(C)C)c3cnc(NC(C)=O)cc23)nc(C(C)(F)F)n1. The Morgan fingerprint density at radius 2 is 1.84 bits per heavy atom. The Morgan fingerprint density at radius 1 is 1.16 bits per heavy atom. The summed E-state index contributed by atoms with van der Waals surface area (Å²) in [4.78, 5) is 36.5. The Bertz CT molecular complexity index is 1190. The second-order valence-electron chi connectivity index (χ2n) is 8.47. The molecule has 0 spiro atoms. The van der Waals surface area contributed by atoms with Crippen molar-refractivity contribution in [1.29, 1.82) is 0 Å². The Labute approximate surface area is 184 Å². The van der Waals surface area contributed by atoms with Crippen LogP contribution in [-0.2, 0) is 21.9 Å². The van der Waals surface area contributed by atoms with E-state index in [0.717, 1.165) is 6.92 Å². The van der Waals surface area contributed by atoms with Gasteiger partial charge in [-0.15, -0.1) is 0 Å². The minimum absolute atomic E-state index is 0.223. The summed E-state index contributed by atoms with van der Waals surface area (Å²) in [5.41, 5.74) is 0.688. The topological polar surface area (TPSA) is 99.0 Å². The Kier molecular flexibility index (Phi) is 5.99. The number of carbonyl (C=O) groups is 2. The van der Waals surface area contributed by atoms with Crippen molar-refractivity contribution >= 4 is 28.7 Å². The standard InChI is InChI=1S/C22H25F2N5O3/c1-7-13-8-16(28-19(27-13)22(6,23)24)15-11-29(20(31)32-21(3,4)5)17-10-25-18(9-14(15)17)26-12(2)30/h8-11H,7H2,1-6H3,(H,25,26,30). The first-order chi connectivity index (χ1) is 14.8. The highest BCUT2D eigenvalue weighted by Gasteiger charge is 2.30. The summed E-state index contributed by atoms with van der Waals surface area (Å²) in [6, 6.07) is 3.16. The van der Waals surface area contributed by atoms with E-state index in [0.29, 0.717) is 28.6 Å². The number of ether oxygens (including phenoxy) is 1. The van der Waals surface area contributed by atoms with Gasteiger partial charge in [0.1, 0.15) is 11.4 Å². The summed E-state index contributed by atoms with van der Waals surface area (Å²) in [6.45, 7) is 9.07. The fraction of sp³-hybridized carbons (Fsp3) is 0.409. The molecule has 0 aromatic carbocycles. The van der Waals surface area contributed by atoms with Gasteiger partial charge in [0.25, 0.3) is 0 Å². The molecule has 0 saturated heterocycles. The molecule has 32 heavy (non-hydrogen) atoms. The third-order valence-corrected chi connectivity index (χ3v) is 4.40. The van der Waals surface area contributed by atoms with E-state index < -0.39 is 23.4 Å². The average Bonchev–Trinajstić information content (AvgIpc) is 3.04. The Morgan fingerprint density at radius 3 is 2.41 bits per heavy atom. The molecule has 0 unspecified atom stereocenters. The molecule has 0 atom stereocenters. The van der Waals surface area contributed by atoms with Gasteiger partial charge in [-0.05, 0) is 39.3 Å². The van der Waals surface area contributed by atoms with Crippen LogP contribution in [-0.4, -0.2) is 37.1 Å². The van der Waals surface area contributed by atoms with E-state index in [1.807, 2.05) is 0 Å². The number of hydrogen-bond donors (Lipinski definition) is 1. The zero-order chi connectivity index (χ0) is 23.8. The van der Waals surface area contributed by atoms with Crippen molar-refractivity contribution in [2.45, 2.75) is 59.5 Å². The average molecular weight is 445 g/mol. The minimum atomic E-state index is -3.24. The van der Waals surface area contributed by atoms with Crippen molar-refractivity contribution in [3.8, 4) is 11.3 Å². The number of hydrogen-bond acceptors (Lipinski definition) is 6. The normalized spacial score (nSPS) is 12.1. The summed E-state index contributed by atoms with van der Waals surface area (Å²) >= 11 is 0. The molecule has 8 nitrogen and oxygen atoms in total. The van der Waals surface area contributed by atoms with Gasteiger partial charge in [0.15, 0.2) is 5.82 Å². The van der Waals surface area contributed by atoms with E-state index in [9.17, 15) is 18.4 Å². The molecule has 0 aliphatic heterocycles. The number of aryl methyl sites for hydroxylation is 1. The van der Waals surface area contributed by atoms with E-state index in [1.165, 1.54) is 23.9 Å². The predicted octanol–water partition coefficient (Wildman–Crippen LogP) is 4.91. The zero-order valence-corrected chi connectivity index (χ0v) is 18.8. The third kappa shape index (κ3) is 5.06. The summed E-state index contributed by atoms with van der Waals surface area (Å²) in [5, 5.41) is 3.07. The molecule has 3 aromatic heterocycles.